The van der Waals surface area contributed by atoms with Gasteiger partial charge >= 0.3 is 0 Å². The predicted octanol–water partition coefficient (Wildman–Crippen LogP) is 3.15. The van der Waals surface area contributed by atoms with Crippen LogP contribution in [0.4, 0.5) is 0 Å². The van der Waals surface area contributed by atoms with Gasteiger partial charge in [0.05, 0.1) is 0 Å². The topological polar surface area (TPSA) is 29.3 Å². The normalized spacial score (nSPS) is 23.6. The Morgan fingerprint density at radius 2 is 2.29 bits per heavy atom. The van der Waals surface area contributed by atoms with Crippen molar-refractivity contribution in [3.8, 4) is 0 Å². The summed E-state index contributed by atoms with van der Waals surface area (Å²) < 4.78 is 1.16. The van der Waals surface area contributed by atoms with Crippen molar-refractivity contribution in [3.05, 3.63) is 34.3 Å². The summed E-state index contributed by atoms with van der Waals surface area (Å²) in [6.45, 7) is 4.33. The minimum absolute atomic E-state index is 0.266. The van der Waals surface area contributed by atoms with Crippen LogP contribution in [0.5, 0.6) is 0 Å². The quantitative estimate of drug-likeness (QED) is 0.928. The summed E-state index contributed by atoms with van der Waals surface area (Å²) in [6, 6.07) is 9.38. The molecule has 2 N–H and O–H groups in total. The van der Waals surface area contributed by atoms with E-state index in [0.29, 0.717) is 6.04 Å². The van der Waals surface area contributed by atoms with E-state index >= 15 is 0 Å². The lowest BCUT2D eigenvalue weighted by atomic mass is 9.96. The van der Waals surface area contributed by atoms with Crippen LogP contribution in [-0.2, 0) is 6.54 Å². The molecule has 1 aromatic rings. The maximum absolute atomic E-state index is 6.09. The Morgan fingerprint density at radius 3 is 3.00 bits per heavy atom. The van der Waals surface area contributed by atoms with Gasteiger partial charge in [-0.2, -0.15) is 0 Å². The highest BCUT2D eigenvalue weighted by molar-refractivity contribution is 9.10. The molecule has 2 atom stereocenters. The number of hydrogen-bond acceptors (Lipinski definition) is 2. The van der Waals surface area contributed by atoms with E-state index in [1.807, 2.05) is 0 Å². The first-order valence-electron chi connectivity index (χ1n) is 6.41. The van der Waals surface area contributed by atoms with Gasteiger partial charge in [-0.1, -0.05) is 34.5 Å². The molecule has 0 amide bonds. The van der Waals surface area contributed by atoms with Gasteiger partial charge in [-0.15, -0.1) is 0 Å². The molecule has 0 saturated carbocycles. The van der Waals surface area contributed by atoms with Crippen molar-refractivity contribution in [3.63, 3.8) is 0 Å². The van der Waals surface area contributed by atoms with Crippen LogP contribution in [0, 0.1) is 0 Å². The summed E-state index contributed by atoms with van der Waals surface area (Å²) in [5, 5.41) is 0. The molecule has 17 heavy (non-hydrogen) atoms. The van der Waals surface area contributed by atoms with Gasteiger partial charge in [-0.3, -0.25) is 4.90 Å². The third-order valence-corrected chi connectivity index (χ3v) is 4.04. The zero-order valence-electron chi connectivity index (χ0n) is 10.4. The van der Waals surface area contributed by atoms with Crippen LogP contribution < -0.4 is 5.73 Å². The maximum Gasteiger partial charge on any atom is 0.0248 e. The number of hydrogen-bond donors (Lipinski definition) is 1. The Morgan fingerprint density at radius 1 is 1.47 bits per heavy atom. The van der Waals surface area contributed by atoms with E-state index in [1.165, 1.54) is 31.4 Å². The van der Waals surface area contributed by atoms with Crippen molar-refractivity contribution in [1.29, 1.82) is 0 Å². The largest absolute Gasteiger partial charge is 0.327 e. The molecule has 1 heterocycles. The summed E-state index contributed by atoms with van der Waals surface area (Å²) in [6.07, 6.45) is 3.87. The fourth-order valence-electron chi connectivity index (χ4n) is 2.68. The third-order valence-electron chi connectivity index (χ3n) is 3.55. The van der Waals surface area contributed by atoms with Gasteiger partial charge in [0.15, 0.2) is 0 Å². The number of rotatable bonds is 3. The molecule has 0 aliphatic carbocycles. The summed E-state index contributed by atoms with van der Waals surface area (Å²) in [7, 11) is 0. The van der Waals surface area contributed by atoms with E-state index in [1.54, 1.807) is 0 Å². The van der Waals surface area contributed by atoms with Gasteiger partial charge < -0.3 is 5.73 Å². The predicted molar refractivity (Wildman–Crippen MR) is 75.8 cm³/mol. The molecule has 2 nitrogen and oxygen atoms in total. The van der Waals surface area contributed by atoms with Crippen molar-refractivity contribution < 1.29 is 0 Å². The highest BCUT2D eigenvalue weighted by Gasteiger charge is 2.25. The van der Waals surface area contributed by atoms with Crippen molar-refractivity contribution in [1.82, 2.24) is 4.90 Å². The van der Waals surface area contributed by atoms with E-state index in [9.17, 15) is 0 Å². The van der Waals surface area contributed by atoms with Crippen LogP contribution in [0.2, 0.25) is 0 Å². The first kappa shape index (κ1) is 13.1. The molecule has 94 valence electrons. The Labute approximate surface area is 112 Å². The molecule has 2 unspecified atom stereocenters. The summed E-state index contributed by atoms with van der Waals surface area (Å²) >= 11 is 3.53. The van der Waals surface area contributed by atoms with Crippen molar-refractivity contribution in [2.45, 2.75) is 44.8 Å². The summed E-state index contributed by atoms with van der Waals surface area (Å²) in [5.74, 6) is 0. The smallest absolute Gasteiger partial charge is 0.0248 e. The molecule has 2 rings (SSSR count). The Kier molecular flexibility index (Phi) is 4.60. The molecule has 0 radical (unpaired) electrons. The highest BCUT2D eigenvalue weighted by Crippen LogP contribution is 2.22. The zero-order valence-corrected chi connectivity index (χ0v) is 12.0. The average molecular weight is 297 g/mol. The lowest BCUT2D eigenvalue weighted by Crippen LogP contribution is -2.48. The first-order valence-corrected chi connectivity index (χ1v) is 7.20. The molecular formula is C14H21BrN2. The monoisotopic (exact) mass is 296 g/mol. The van der Waals surface area contributed by atoms with E-state index in [4.69, 9.17) is 5.73 Å². The SMILES string of the molecule is CC(N)C1CCCCN1Cc1cccc(Br)c1. The molecule has 1 aliphatic rings. The fourth-order valence-corrected chi connectivity index (χ4v) is 3.12. The van der Waals surface area contributed by atoms with Crippen LogP contribution in [-0.4, -0.2) is 23.5 Å². The van der Waals surface area contributed by atoms with Gasteiger partial charge in [0.25, 0.3) is 0 Å². The molecule has 1 aliphatic heterocycles. The minimum atomic E-state index is 0.266. The number of nitrogens with two attached hydrogens (primary N) is 1. The minimum Gasteiger partial charge on any atom is -0.327 e. The van der Waals surface area contributed by atoms with Crippen LogP contribution >= 0.6 is 15.9 Å². The van der Waals surface area contributed by atoms with Crippen LogP contribution in [0.25, 0.3) is 0 Å². The van der Waals surface area contributed by atoms with E-state index in [2.05, 4.69) is 52.0 Å². The van der Waals surface area contributed by atoms with Crippen LogP contribution in [0.15, 0.2) is 28.7 Å². The van der Waals surface area contributed by atoms with Crippen molar-refractivity contribution in [2.24, 2.45) is 5.73 Å². The summed E-state index contributed by atoms with van der Waals surface area (Å²) in [4.78, 5) is 2.54. The van der Waals surface area contributed by atoms with Gasteiger partial charge in [0.2, 0.25) is 0 Å². The van der Waals surface area contributed by atoms with Gasteiger partial charge in [0, 0.05) is 23.1 Å². The molecule has 1 fully saturated rings. The number of nitrogens with zero attached hydrogens (tertiary/aromatic N) is 1. The van der Waals surface area contributed by atoms with Crippen LogP contribution in [0.3, 0.4) is 0 Å². The van der Waals surface area contributed by atoms with Gasteiger partial charge in [-0.05, 0) is 44.0 Å². The molecule has 0 spiro atoms. The lowest BCUT2D eigenvalue weighted by molar-refractivity contribution is 0.123. The Hall–Kier alpha value is -0.380. The van der Waals surface area contributed by atoms with Crippen molar-refractivity contribution >= 4 is 15.9 Å². The number of piperidine rings is 1. The van der Waals surface area contributed by atoms with Gasteiger partial charge in [0.1, 0.15) is 0 Å². The zero-order chi connectivity index (χ0) is 12.3. The number of benzene rings is 1. The number of halogens is 1. The van der Waals surface area contributed by atoms with E-state index in [0.717, 1.165) is 11.0 Å². The fraction of sp³-hybridized carbons (Fsp3) is 0.571. The average Bonchev–Trinajstić information content (AvgIpc) is 2.29. The molecule has 0 bridgehead atoms. The standard InChI is InChI=1S/C14H21BrN2/c1-11(16)14-7-2-3-8-17(14)10-12-5-4-6-13(15)9-12/h4-6,9,11,14H,2-3,7-8,10,16H2,1H3. The molecule has 3 heteroatoms. The second kappa shape index (κ2) is 5.98. The molecule has 1 saturated heterocycles. The molecule has 0 aromatic heterocycles. The second-order valence-electron chi connectivity index (χ2n) is 5.02. The van der Waals surface area contributed by atoms with Crippen molar-refractivity contribution in [2.75, 3.05) is 6.54 Å². The first-order chi connectivity index (χ1) is 8.16. The summed E-state index contributed by atoms with van der Waals surface area (Å²) in [5.41, 5.74) is 7.46. The molecular weight excluding hydrogens is 276 g/mol. The second-order valence-corrected chi connectivity index (χ2v) is 5.94. The van der Waals surface area contributed by atoms with Crippen LogP contribution in [0.1, 0.15) is 31.7 Å². The Bertz CT molecular complexity index is 365. The van der Waals surface area contributed by atoms with Gasteiger partial charge in [-0.25, -0.2) is 0 Å². The maximum atomic E-state index is 6.09. The molecule has 1 aromatic carbocycles. The number of likely N-dealkylation sites (tertiary alicyclic amines) is 1. The third kappa shape index (κ3) is 3.54. The van der Waals surface area contributed by atoms with E-state index in [-0.39, 0.29) is 6.04 Å². The Balaban J connectivity index is 2.05. The lowest BCUT2D eigenvalue weighted by Gasteiger charge is -2.38. The van der Waals surface area contributed by atoms with E-state index < -0.39 is 0 Å². The highest BCUT2D eigenvalue weighted by atomic mass is 79.9.